The third-order valence-corrected chi connectivity index (χ3v) is 2.09. The topological polar surface area (TPSA) is 9.23 Å². The van der Waals surface area contributed by atoms with Crippen molar-refractivity contribution >= 4 is 11.6 Å². The summed E-state index contributed by atoms with van der Waals surface area (Å²) in [6.45, 7) is 3.57. The molecule has 14 heavy (non-hydrogen) atoms. The van der Waals surface area contributed by atoms with Gasteiger partial charge in [0.25, 0.3) is 0 Å². The third-order valence-electron chi connectivity index (χ3n) is 1.90. The first-order chi connectivity index (χ1) is 6.63. The van der Waals surface area contributed by atoms with E-state index in [9.17, 15) is 4.39 Å². The number of aryl methyl sites for hydroxylation is 1. The molecule has 1 aromatic rings. The molecule has 0 bridgehead atoms. The van der Waals surface area contributed by atoms with E-state index < -0.39 is 0 Å². The summed E-state index contributed by atoms with van der Waals surface area (Å²) in [7, 11) is 1.44. The van der Waals surface area contributed by atoms with Crippen molar-refractivity contribution in [3.05, 3.63) is 41.2 Å². The Hall–Kier alpha value is -1.02. The van der Waals surface area contributed by atoms with E-state index in [0.29, 0.717) is 17.9 Å². The molecule has 0 aliphatic carbocycles. The second-order valence-electron chi connectivity index (χ2n) is 2.99. The van der Waals surface area contributed by atoms with Gasteiger partial charge in [0.05, 0.1) is 7.11 Å². The van der Waals surface area contributed by atoms with Crippen molar-refractivity contribution in [2.75, 3.05) is 7.11 Å². The normalized spacial score (nSPS) is 9.93. The van der Waals surface area contributed by atoms with Gasteiger partial charge in [-0.1, -0.05) is 24.2 Å². The van der Waals surface area contributed by atoms with E-state index in [1.54, 1.807) is 6.07 Å². The number of rotatable bonds is 4. The molecule has 0 spiro atoms. The number of benzene rings is 1. The monoisotopic (exact) mass is 214 g/mol. The average molecular weight is 215 g/mol. The molecule has 76 valence electrons. The molecule has 0 heterocycles. The van der Waals surface area contributed by atoms with E-state index in [0.717, 1.165) is 5.56 Å². The molecule has 0 fully saturated rings. The van der Waals surface area contributed by atoms with Gasteiger partial charge in [0, 0.05) is 5.03 Å². The van der Waals surface area contributed by atoms with Crippen molar-refractivity contribution in [3.63, 3.8) is 0 Å². The van der Waals surface area contributed by atoms with Crippen LogP contribution in [0.1, 0.15) is 12.0 Å². The first-order valence-corrected chi connectivity index (χ1v) is 4.67. The van der Waals surface area contributed by atoms with Crippen LogP contribution in [-0.2, 0) is 6.42 Å². The Bertz CT molecular complexity index is 336. The van der Waals surface area contributed by atoms with Crippen LogP contribution in [0.5, 0.6) is 5.75 Å². The predicted molar refractivity (Wildman–Crippen MR) is 56.3 cm³/mol. The zero-order chi connectivity index (χ0) is 10.6. The number of methoxy groups -OCH3 is 1. The van der Waals surface area contributed by atoms with E-state index >= 15 is 0 Å². The maximum absolute atomic E-state index is 13.2. The lowest BCUT2D eigenvalue weighted by Gasteiger charge is -2.04. The van der Waals surface area contributed by atoms with Gasteiger partial charge in [-0.25, -0.2) is 4.39 Å². The summed E-state index contributed by atoms with van der Waals surface area (Å²) in [5.74, 6) is -0.0800. The summed E-state index contributed by atoms with van der Waals surface area (Å²) in [6, 6.07) is 4.89. The SMILES string of the molecule is C=C(Cl)CCc1ccc(OC)c(F)c1. The predicted octanol–water partition coefficient (Wildman–Crippen LogP) is 3.52. The fraction of sp³-hybridized carbons (Fsp3) is 0.273. The standard InChI is InChI=1S/C11H12ClFO/c1-8(12)3-4-9-5-6-11(14-2)10(13)7-9/h5-7H,1,3-4H2,2H3. The van der Waals surface area contributed by atoms with E-state index in [4.69, 9.17) is 16.3 Å². The van der Waals surface area contributed by atoms with Crippen molar-refractivity contribution in [1.82, 2.24) is 0 Å². The summed E-state index contributed by atoms with van der Waals surface area (Å²) in [4.78, 5) is 0. The fourth-order valence-corrected chi connectivity index (χ4v) is 1.24. The van der Waals surface area contributed by atoms with Crippen molar-refractivity contribution in [3.8, 4) is 5.75 Å². The van der Waals surface area contributed by atoms with Gasteiger partial charge in [-0.2, -0.15) is 0 Å². The lowest BCUT2D eigenvalue weighted by molar-refractivity contribution is 0.386. The number of ether oxygens (including phenoxy) is 1. The molecular formula is C11H12ClFO. The van der Waals surface area contributed by atoms with Gasteiger partial charge in [-0.3, -0.25) is 0 Å². The van der Waals surface area contributed by atoms with Crippen LogP contribution in [0.15, 0.2) is 29.8 Å². The Kier molecular flexibility index (Phi) is 3.96. The van der Waals surface area contributed by atoms with Gasteiger partial charge in [0.1, 0.15) is 0 Å². The number of allylic oxidation sites excluding steroid dienone is 1. The van der Waals surface area contributed by atoms with Crippen LogP contribution in [0.3, 0.4) is 0 Å². The summed E-state index contributed by atoms with van der Waals surface area (Å²) >= 11 is 5.61. The summed E-state index contributed by atoms with van der Waals surface area (Å²) < 4.78 is 18.0. The Balaban J connectivity index is 2.71. The van der Waals surface area contributed by atoms with E-state index in [2.05, 4.69) is 6.58 Å². The van der Waals surface area contributed by atoms with Crippen LogP contribution < -0.4 is 4.74 Å². The average Bonchev–Trinajstić information content (AvgIpc) is 2.15. The quantitative estimate of drug-likeness (QED) is 0.745. The minimum absolute atomic E-state index is 0.262. The van der Waals surface area contributed by atoms with Gasteiger partial charge in [-0.15, -0.1) is 0 Å². The van der Waals surface area contributed by atoms with Crippen LogP contribution in [0.25, 0.3) is 0 Å². The molecule has 1 aromatic carbocycles. The van der Waals surface area contributed by atoms with E-state index in [1.807, 2.05) is 6.07 Å². The molecule has 1 nitrogen and oxygen atoms in total. The van der Waals surface area contributed by atoms with Gasteiger partial charge in [0.15, 0.2) is 11.6 Å². The van der Waals surface area contributed by atoms with Gasteiger partial charge in [-0.05, 0) is 30.5 Å². The Morgan fingerprint density at radius 2 is 2.29 bits per heavy atom. The second-order valence-corrected chi connectivity index (χ2v) is 3.52. The first-order valence-electron chi connectivity index (χ1n) is 4.29. The lowest BCUT2D eigenvalue weighted by Crippen LogP contribution is -1.91. The summed E-state index contributed by atoms with van der Waals surface area (Å²) in [5, 5.41) is 0.584. The molecule has 0 N–H and O–H groups in total. The molecule has 0 atom stereocenters. The van der Waals surface area contributed by atoms with Crippen LogP contribution in [0.4, 0.5) is 4.39 Å². The highest BCUT2D eigenvalue weighted by atomic mass is 35.5. The largest absolute Gasteiger partial charge is 0.494 e. The highest BCUT2D eigenvalue weighted by Gasteiger charge is 2.03. The number of hydrogen-bond acceptors (Lipinski definition) is 1. The minimum atomic E-state index is -0.342. The third kappa shape index (κ3) is 3.04. The van der Waals surface area contributed by atoms with Gasteiger partial charge in [0.2, 0.25) is 0 Å². The molecule has 0 aliphatic heterocycles. The fourth-order valence-electron chi connectivity index (χ4n) is 1.15. The Morgan fingerprint density at radius 1 is 1.57 bits per heavy atom. The van der Waals surface area contributed by atoms with E-state index in [-0.39, 0.29) is 11.6 Å². The highest BCUT2D eigenvalue weighted by Crippen LogP contribution is 2.19. The minimum Gasteiger partial charge on any atom is -0.494 e. The summed E-state index contributed by atoms with van der Waals surface area (Å²) in [5.41, 5.74) is 0.894. The molecule has 0 unspecified atom stereocenters. The zero-order valence-electron chi connectivity index (χ0n) is 8.02. The number of hydrogen-bond donors (Lipinski definition) is 0. The van der Waals surface area contributed by atoms with Crippen LogP contribution in [0, 0.1) is 5.82 Å². The molecule has 0 saturated heterocycles. The molecular weight excluding hydrogens is 203 g/mol. The highest BCUT2D eigenvalue weighted by molar-refractivity contribution is 6.29. The second kappa shape index (κ2) is 5.01. The molecule has 0 amide bonds. The molecule has 0 radical (unpaired) electrons. The number of halogens is 2. The smallest absolute Gasteiger partial charge is 0.165 e. The van der Waals surface area contributed by atoms with Crippen molar-refractivity contribution in [2.24, 2.45) is 0 Å². The summed E-state index contributed by atoms with van der Waals surface area (Å²) in [6.07, 6.45) is 1.36. The van der Waals surface area contributed by atoms with Crippen molar-refractivity contribution < 1.29 is 9.13 Å². The Labute approximate surface area is 88.1 Å². The van der Waals surface area contributed by atoms with Crippen LogP contribution >= 0.6 is 11.6 Å². The van der Waals surface area contributed by atoms with Crippen LogP contribution in [-0.4, -0.2) is 7.11 Å². The Morgan fingerprint density at radius 3 is 2.79 bits per heavy atom. The van der Waals surface area contributed by atoms with Gasteiger partial charge >= 0.3 is 0 Å². The maximum Gasteiger partial charge on any atom is 0.165 e. The van der Waals surface area contributed by atoms with Crippen LogP contribution in [0.2, 0.25) is 0 Å². The zero-order valence-corrected chi connectivity index (χ0v) is 8.77. The maximum atomic E-state index is 13.2. The molecule has 1 rings (SSSR count). The molecule has 0 aromatic heterocycles. The molecule has 0 aliphatic rings. The van der Waals surface area contributed by atoms with Crippen molar-refractivity contribution in [2.45, 2.75) is 12.8 Å². The van der Waals surface area contributed by atoms with Crippen molar-refractivity contribution in [1.29, 1.82) is 0 Å². The van der Waals surface area contributed by atoms with E-state index in [1.165, 1.54) is 13.2 Å². The molecule has 3 heteroatoms. The van der Waals surface area contributed by atoms with Gasteiger partial charge < -0.3 is 4.74 Å². The molecule has 0 saturated carbocycles. The lowest BCUT2D eigenvalue weighted by atomic mass is 10.1. The first kappa shape index (κ1) is 11.1.